The largest absolute Gasteiger partial charge is 0.459 e. The molecule has 0 aromatic heterocycles. The van der Waals surface area contributed by atoms with Gasteiger partial charge >= 0.3 is 11.9 Å². The van der Waals surface area contributed by atoms with Crippen molar-refractivity contribution < 1.29 is 24.2 Å². The molecule has 0 heterocycles. The molecule has 0 saturated heterocycles. The van der Waals surface area contributed by atoms with E-state index in [1.165, 1.54) is 13.8 Å². The zero-order chi connectivity index (χ0) is 21.5. The fraction of sp³-hybridized carbons (Fsp3) is 0.667. The van der Waals surface area contributed by atoms with Gasteiger partial charge in [-0.25, -0.2) is 0 Å². The van der Waals surface area contributed by atoms with Crippen LogP contribution < -0.4 is 0 Å². The maximum absolute atomic E-state index is 11.9. The predicted octanol–water partition coefficient (Wildman–Crippen LogP) is 4.12. The molecule has 3 aliphatic rings. The number of hydrogen-bond acceptors (Lipinski definition) is 5. The summed E-state index contributed by atoms with van der Waals surface area (Å²) in [4.78, 5) is 23.8. The lowest BCUT2D eigenvalue weighted by atomic mass is 9.60. The van der Waals surface area contributed by atoms with Crippen molar-refractivity contribution >= 4 is 11.9 Å². The molecule has 1 saturated carbocycles. The molecule has 0 radical (unpaired) electrons. The van der Waals surface area contributed by atoms with Gasteiger partial charge in [-0.3, -0.25) is 9.59 Å². The second-order valence-corrected chi connectivity index (χ2v) is 9.39. The first-order chi connectivity index (χ1) is 13.6. The quantitative estimate of drug-likeness (QED) is 0.556. The van der Waals surface area contributed by atoms with Crippen molar-refractivity contribution in [2.24, 2.45) is 23.2 Å². The van der Waals surface area contributed by atoms with Crippen LogP contribution in [0.2, 0.25) is 0 Å². The smallest absolute Gasteiger partial charge is 0.303 e. The molecule has 1 fully saturated rings. The van der Waals surface area contributed by atoms with Crippen LogP contribution >= 0.6 is 0 Å². The van der Waals surface area contributed by atoms with Crippen LogP contribution in [-0.2, 0) is 19.1 Å². The number of carbonyl (C=O) groups is 2. The zero-order valence-corrected chi connectivity index (χ0v) is 18.2. The van der Waals surface area contributed by atoms with E-state index in [2.05, 4.69) is 32.6 Å². The monoisotopic (exact) mass is 402 g/mol. The molecule has 0 unspecified atom stereocenters. The third-order valence-corrected chi connectivity index (χ3v) is 7.20. The van der Waals surface area contributed by atoms with Gasteiger partial charge in [0.05, 0.1) is 0 Å². The second-order valence-electron chi connectivity index (χ2n) is 9.39. The minimum absolute atomic E-state index is 0.0777. The maximum Gasteiger partial charge on any atom is 0.303 e. The number of rotatable bonds is 2. The van der Waals surface area contributed by atoms with Crippen LogP contribution in [0.4, 0.5) is 0 Å². The van der Waals surface area contributed by atoms with E-state index in [4.69, 9.17) is 9.47 Å². The number of aliphatic hydroxyl groups excluding tert-OH is 1. The van der Waals surface area contributed by atoms with Crippen molar-refractivity contribution in [3.05, 3.63) is 35.5 Å². The summed E-state index contributed by atoms with van der Waals surface area (Å²) in [6.07, 6.45) is 5.32. The van der Waals surface area contributed by atoms with E-state index in [1.807, 2.05) is 6.92 Å². The molecule has 160 valence electrons. The van der Waals surface area contributed by atoms with E-state index in [9.17, 15) is 14.7 Å². The number of esters is 2. The van der Waals surface area contributed by atoms with Gasteiger partial charge in [0, 0.05) is 24.8 Å². The number of aliphatic hydroxyl groups is 1. The maximum atomic E-state index is 11.9. The Morgan fingerprint density at radius 1 is 1.24 bits per heavy atom. The zero-order valence-electron chi connectivity index (χ0n) is 18.2. The first kappa shape index (κ1) is 21.8. The molecule has 3 aliphatic carbocycles. The lowest BCUT2D eigenvalue weighted by Crippen LogP contribution is -2.54. The summed E-state index contributed by atoms with van der Waals surface area (Å²) >= 11 is 0. The van der Waals surface area contributed by atoms with Gasteiger partial charge in [0.2, 0.25) is 0 Å². The van der Waals surface area contributed by atoms with E-state index in [1.54, 1.807) is 0 Å². The van der Waals surface area contributed by atoms with Crippen molar-refractivity contribution in [2.75, 3.05) is 0 Å². The third-order valence-electron chi connectivity index (χ3n) is 7.20. The van der Waals surface area contributed by atoms with Gasteiger partial charge in [0.25, 0.3) is 0 Å². The van der Waals surface area contributed by atoms with Crippen LogP contribution in [0.3, 0.4) is 0 Å². The molecule has 0 aromatic rings. The molecular weight excluding hydrogens is 368 g/mol. The predicted molar refractivity (Wildman–Crippen MR) is 111 cm³/mol. The van der Waals surface area contributed by atoms with Gasteiger partial charge in [0.15, 0.2) is 0 Å². The molecule has 2 bridgehead atoms. The van der Waals surface area contributed by atoms with E-state index in [0.29, 0.717) is 12.0 Å². The fourth-order valence-electron chi connectivity index (χ4n) is 6.00. The van der Waals surface area contributed by atoms with E-state index in [-0.39, 0.29) is 29.1 Å². The van der Waals surface area contributed by atoms with Crippen LogP contribution in [0.5, 0.6) is 0 Å². The van der Waals surface area contributed by atoms with Crippen LogP contribution in [0.25, 0.3) is 0 Å². The molecule has 0 aromatic carbocycles. The number of hydrogen-bond donors (Lipinski definition) is 1. The molecule has 5 nitrogen and oxygen atoms in total. The lowest BCUT2D eigenvalue weighted by Gasteiger charge is -2.49. The Hall–Kier alpha value is -1.88. The molecule has 29 heavy (non-hydrogen) atoms. The summed E-state index contributed by atoms with van der Waals surface area (Å²) in [6.45, 7) is 13.4. The number of ether oxygens (including phenoxy) is 2. The van der Waals surface area contributed by atoms with Gasteiger partial charge < -0.3 is 14.6 Å². The first-order valence-corrected chi connectivity index (χ1v) is 10.6. The average Bonchev–Trinajstić information content (AvgIpc) is 2.95. The van der Waals surface area contributed by atoms with Crippen molar-refractivity contribution in [1.82, 2.24) is 0 Å². The molecule has 7 atom stereocenters. The standard InChI is InChI=1S/C24H34O5/c1-13-8-7-9-14(2)18-10-11-24(6)21(18)15(3)20(19(12-13)28-16(4)25)22(27)23(24)29-17(5)26/h7,9,13,18-19,21-23,27H,2,8,10-12H2,1,3-6H3/b9-7+/t13-,18-,19-,21+,22+,23-,24-/m0/s1. The summed E-state index contributed by atoms with van der Waals surface area (Å²) in [5, 5.41) is 11.4. The van der Waals surface area contributed by atoms with Crippen LogP contribution in [0, 0.1) is 23.2 Å². The van der Waals surface area contributed by atoms with Gasteiger partial charge in [0.1, 0.15) is 18.3 Å². The van der Waals surface area contributed by atoms with E-state index >= 15 is 0 Å². The normalized spacial score (nSPS) is 40.8. The first-order valence-electron chi connectivity index (χ1n) is 10.6. The summed E-state index contributed by atoms with van der Waals surface area (Å²) in [5.74, 6) is -0.229. The van der Waals surface area contributed by atoms with Crippen molar-refractivity contribution in [2.45, 2.75) is 78.6 Å². The molecule has 5 heteroatoms. The third kappa shape index (κ3) is 3.94. The van der Waals surface area contributed by atoms with Crippen LogP contribution in [0.1, 0.15) is 60.3 Å². The molecule has 0 aliphatic heterocycles. The molecule has 1 N–H and O–H groups in total. The van der Waals surface area contributed by atoms with Gasteiger partial charge in [-0.1, -0.05) is 43.7 Å². The van der Waals surface area contributed by atoms with E-state index in [0.717, 1.165) is 30.4 Å². The molecule has 0 amide bonds. The second kappa shape index (κ2) is 8.10. The highest BCUT2D eigenvalue weighted by Gasteiger charge is 2.59. The minimum atomic E-state index is -0.988. The summed E-state index contributed by atoms with van der Waals surface area (Å²) in [7, 11) is 0. The van der Waals surface area contributed by atoms with Crippen LogP contribution in [0.15, 0.2) is 35.5 Å². The summed E-state index contributed by atoms with van der Waals surface area (Å²) in [5.41, 5.74) is 2.46. The lowest BCUT2D eigenvalue weighted by molar-refractivity contribution is -0.168. The molecule has 3 rings (SSSR count). The van der Waals surface area contributed by atoms with Gasteiger partial charge in [-0.05, 0) is 50.4 Å². The Bertz CT molecular complexity index is 763. The van der Waals surface area contributed by atoms with Gasteiger partial charge in [-0.15, -0.1) is 0 Å². The molecule has 0 spiro atoms. The van der Waals surface area contributed by atoms with Crippen molar-refractivity contribution in [3.63, 3.8) is 0 Å². The van der Waals surface area contributed by atoms with Crippen molar-refractivity contribution in [3.8, 4) is 0 Å². The highest BCUT2D eigenvalue weighted by atomic mass is 16.6. The fourth-order valence-corrected chi connectivity index (χ4v) is 6.00. The highest BCUT2D eigenvalue weighted by Crippen LogP contribution is 2.60. The summed E-state index contributed by atoms with van der Waals surface area (Å²) < 4.78 is 11.4. The van der Waals surface area contributed by atoms with Crippen LogP contribution in [-0.4, -0.2) is 35.4 Å². The Kier molecular flexibility index (Phi) is 6.09. The molecular formula is C24H34O5. The minimum Gasteiger partial charge on any atom is -0.459 e. The Labute approximate surface area is 173 Å². The SMILES string of the molecule is C=C1/C=C/C[C@H](C)C[C@H](OC(C)=O)C2=C(C)[C@@H]3[C@H]1CC[C@]3(C)[C@@H](OC(C)=O)[C@@H]2O. The Morgan fingerprint density at radius 2 is 1.90 bits per heavy atom. The Morgan fingerprint density at radius 3 is 2.52 bits per heavy atom. The van der Waals surface area contributed by atoms with E-state index < -0.39 is 24.3 Å². The summed E-state index contributed by atoms with van der Waals surface area (Å²) in [6, 6.07) is 0. The highest BCUT2D eigenvalue weighted by molar-refractivity contribution is 5.67. The number of carbonyl (C=O) groups excluding carboxylic acids is 2. The average molecular weight is 403 g/mol. The number of allylic oxidation sites excluding steroid dienone is 4. The van der Waals surface area contributed by atoms with Gasteiger partial charge in [-0.2, -0.15) is 0 Å². The Balaban J connectivity index is 2.19. The van der Waals surface area contributed by atoms with Crippen molar-refractivity contribution in [1.29, 1.82) is 0 Å². The topological polar surface area (TPSA) is 72.8 Å².